The van der Waals surface area contributed by atoms with Gasteiger partial charge in [0.05, 0.1) is 17.7 Å². The van der Waals surface area contributed by atoms with Gasteiger partial charge >= 0.3 is 0 Å². The van der Waals surface area contributed by atoms with Crippen LogP contribution in [0.3, 0.4) is 0 Å². The molecule has 0 saturated carbocycles. The fourth-order valence-corrected chi connectivity index (χ4v) is 5.52. The van der Waals surface area contributed by atoms with E-state index in [9.17, 15) is 18.0 Å². The third-order valence-electron chi connectivity index (χ3n) is 6.36. The summed E-state index contributed by atoms with van der Waals surface area (Å²) in [7, 11) is -2.55. The average molecular weight is 566 g/mol. The minimum atomic E-state index is -4.11. The number of methoxy groups -OCH3 is 1. The summed E-state index contributed by atoms with van der Waals surface area (Å²) in [6, 6.07) is 19.8. The van der Waals surface area contributed by atoms with Crippen LogP contribution in [0.15, 0.2) is 77.7 Å². The molecule has 0 radical (unpaired) electrons. The summed E-state index contributed by atoms with van der Waals surface area (Å²) in [5, 5.41) is 2.93. The molecule has 3 aromatic carbocycles. The van der Waals surface area contributed by atoms with Crippen molar-refractivity contribution in [3.63, 3.8) is 0 Å². The Hall–Kier alpha value is -3.85. The Morgan fingerprint density at radius 1 is 0.925 bits per heavy atom. The topological polar surface area (TPSA) is 96.0 Å². The van der Waals surface area contributed by atoms with Crippen LogP contribution < -0.4 is 14.4 Å². The predicted molar refractivity (Wildman–Crippen MR) is 158 cm³/mol. The largest absolute Gasteiger partial charge is 0.497 e. The first-order chi connectivity index (χ1) is 18.7. The Kier molecular flexibility index (Phi) is 9.63. The number of carbonyl (C=O) groups is 2. The summed E-state index contributed by atoms with van der Waals surface area (Å²) < 4.78 is 34.2. The number of nitrogens with one attached hydrogen (secondary N) is 1. The lowest BCUT2D eigenvalue weighted by molar-refractivity contribution is -0.140. The standard InChI is InChI=1S/C31H39N3O5S/c1-22-11-15-26(16-12-22)34(40(37,38)28-17-13-23(2)14-18-28)21-29(35)33(24(3)30(36)32-31(4,5)6)20-25-9-8-10-27(19-25)39-7/h8-19,24H,20-21H2,1-7H3,(H,32,36). The molecule has 0 heterocycles. The molecule has 1 N–H and O–H groups in total. The molecule has 0 aliphatic rings. The fraction of sp³-hybridized carbons (Fsp3) is 0.355. The first kappa shape index (κ1) is 30.7. The number of anilines is 1. The number of amides is 2. The quantitative estimate of drug-likeness (QED) is 0.380. The lowest BCUT2D eigenvalue weighted by Crippen LogP contribution is -2.54. The third kappa shape index (κ3) is 7.85. The molecule has 0 aromatic heterocycles. The van der Waals surface area contributed by atoms with Crippen LogP contribution in [-0.2, 0) is 26.2 Å². The van der Waals surface area contributed by atoms with Gasteiger partial charge in [-0.25, -0.2) is 8.42 Å². The van der Waals surface area contributed by atoms with Crippen LogP contribution in [0.4, 0.5) is 5.69 Å². The lowest BCUT2D eigenvalue weighted by Gasteiger charge is -2.33. The van der Waals surface area contributed by atoms with E-state index in [1.54, 1.807) is 68.6 Å². The van der Waals surface area contributed by atoms with Crippen LogP contribution in [0.5, 0.6) is 5.75 Å². The number of sulfonamides is 1. The summed E-state index contributed by atoms with van der Waals surface area (Å²) in [5.41, 5.74) is 2.45. The zero-order valence-electron chi connectivity index (χ0n) is 24.3. The molecule has 0 aliphatic carbocycles. The van der Waals surface area contributed by atoms with Gasteiger partial charge in [-0.05, 0) is 83.5 Å². The van der Waals surface area contributed by atoms with Crippen molar-refractivity contribution >= 4 is 27.5 Å². The first-order valence-electron chi connectivity index (χ1n) is 13.1. The maximum Gasteiger partial charge on any atom is 0.264 e. The Labute approximate surface area is 238 Å². The van der Waals surface area contributed by atoms with E-state index in [1.807, 2.05) is 40.7 Å². The molecule has 3 rings (SSSR count). The van der Waals surface area contributed by atoms with Crippen molar-refractivity contribution < 1.29 is 22.7 Å². The molecule has 214 valence electrons. The van der Waals surface area contributed by atoms with E-state index >= 15 is 0 Å². The van der Waals surface area contributed by atoms with E-state index in [4.69, 9.17) is 4.74 Å². The molecule has 0 spiro atoms. The van der Waals surface area contributed by atoms with Gasteiger partial charge in [0, 0.05) is 12.1 Å². The molecule has 9 heteroatoms. The second-order valence-corrected chi connectivity index (χ2v) is 12.8. The average Bonchev–Trinajstić information content (AvgIpc) is 2.89. The van der Waals surface area contributed by atoms with Gasteiger partial charge in [0.2, 0.25) is 11.8 Å². The van der Waals surface area contributed by atoms with Gasteiger partial charge in [0.15, 0.2) is 0 Å². The third-order valence-corrected chi connectivity index (χ3v) is 8.15. The lowest BCUT2D eigenvalue weighted by atomic mass is 10.1. The van der Waals surface area contributed by atoms with E-state index < -0.39 is 34.1 Å². The summed E-state index contributed by atoms with van der Waals surface area (Å²) in [6.45, 7) is 10.6. The minimum absolute atomic E-state index is 0.0735. The normalized spacial score (nSPS) is 12.4. The summed E-state index contributed by atoms with van der Waals surface area (Å²) in [4.78, 5) is 28.7. The van der Waals surface area contributed by atoms with Crippen LogP contribution in [0, 0.1) is 13.8 Å². The zero-order valence-corrected chi connectivity index (χ0v) is 25.1. The highest BCUT2D eigenvalue weighted by molar-refractivity contribution is 7.92. The van der Waals surface area contributed by atoms with E-state index in [-0.39, 0.29) is 17.3 Å². The van der Waals surface area contributed by atoms with Crippen molar-refractivity contribution in [2.45, 2.75) is 64.6 Å². The molecule has 0 saturated heterocycles. The molecular weight excluding hydrogens is 526 g/mol. The zero-order chi connectivity index (χ0) is 29.7. The van der Waals surface area contributed by atoms with E-state index in [2.05, 4.69) is 5.32 Å². The smallest absolute Gasteiger partial charge is 0.264 e. The van der Waals surface area contributed by atoms with Crippen LogP contribution in [0.25, 0.3) is 0 Å². The molecule has 40 heavy (non-hydrogen) atoms. The van der Waals surface area contributed by atoms with Crippen molar-refractivity contribution in [2.75, 3.05) is 18.0 Å². The number of benzene rings is 3. The summed E-state index contributed by atoms with van der Waals surface area (Å²) >= 11 is 0. The van der Waals surface area contributed by atoms with E-state index in [0.717, 1.165) is 21.0 Å². The van der Waals surface area contributed by atoms with Gasteiger partial charge in [-0.15, -0.1) is 0 Å². The van der Waals surface area contributed by atoms with Gasteiger partial charge in [0.1, 0.15) is 18.3 Å². The van der Waals surface area contributed by atoms with Crippen molar-refractivity contribution in [3.8, 4) is 5.75 Å². The van der Waals surface area contributed by atoms with Gasteiger partial charge in [-0.2, -0.15) is 0 Å². The van der Waals surface area contributed by atoms with E-state index in [0.29, 0.717) is 11.4 Å². The first-order valence-corrected chi connectivity index (χ1v) is 14.6. The minimum Gasteiger partial charge on any atom is -0.497 e. The maximum atomic E-state index is 14.0. The van der Waals surface area contributed by atoms with Crippen LogP contribution in [-0.4, -0.2) is 50.4 Å². The summed E-state index contributed by atoms with van der Waals surface area (Å²) in [5.74, 6) is -0.248. The van der Waals surface area contributed by atoms with Gasteiger partial charge in [0.25, 0.3) is 10.0 Å². The van der Waals surface area contributed by atoms with E-state index in [1.165, 1.54) is 17.0 Å². The highest BCUT2D eigenvalue weighted by Crippen LogP contribution is 2.25. The number of aryl methyl sites for hydroxylation is 2. The number of nitrogens with zero attached hydrogens (tertiary/aromatic N) is 2. The number of hydrogen-bond acceptors (Lipinski definition) is 5. The molecule has 8 nitrogen and oxygen atoms in total. The van der Waals surface area contributed by atoms with Crippen LogP contribution in [0.2, 0.25) is 0 Å². The SMILES string of the molecule is COc1cccc(CN(C(=O)CN(c2ccc(C)cc2)S(=O)(=O)c2ccc(C)cc2)C(C)C(=O)NC(C)(C)C)c1. The van der Waals surface area contributed by atoms with Crippen molar-refractivity contribution in [1.29, 1.82) is 0 Å². The molecular formula is C31H39N3O5S. The predicted octanol–water partition coefficient (Wildman–Crippen LogP) is 4.84. The molecule has 1 atom stereocenters. The molecule has 0 fully saturated rings. The number of ether oxygens (including phenoxy) is 1. The molecule has 0 bridgehead atoms. The van der Waals surface area contributed by atoms with Gasteiger partial charge in [-0.1, -0.05) is 47.5 Å². The Balaban J connectivity index is 2.04. The monoisotopic (exact) mass is 565 g/mol. The Bertz CT molecular complexity index is 1430. The fourth-order valence-electron chi connectivity index (χ4n) is 4.10. The molecule has 3 aromatic rings. The molecule has 2 amide bonds. The van der Waals surface area contributed by atoms with Crippen molar-refractivity contribution in [2.24, 2.45) is 0 Å². The Morgan fingerprint density at radius 2 is 1.50 bits per heavy atom. The van der Waals surface area contributed by atoms with Gasteiger partial charge in [-0.3, -0.25) is 13.9 Å². The van der Waals surface area contributed by atoms with Crippen molar-refractivity contribution in [3.05, 3.63) is 89.5 Å². The van der Waals surface area contributed by atoms with Crippen molar-refractivity contribution in [1.82, 2.24) is 10.2 Å². The summed E-state index contributed by atoms with van der Waals surface area (Å²) in [6.07, 6.45) is 0. The molecule has 1 unspecified atom stereocenters. The Morgan fingerprint density at radius 3 is 2.05 bits per heavy atom. The van der Waals surface area contributed by atoms with Gasteiger partial charge < -0.3 is 15.0 Å². The van der Waals surface area contributed by atoms with Crippen LogP contribution in [0.1, 0.15) is 44.4 Å². The molecule has 0 aliphatic heterocycles. The highest BCUT2D eigenvalue weighted by Gasteiger charge is 2.33. The highest BCUT2D eigenvalue weighted by atomic mass is 32.2. The number of hydrogen-bond donors (Lipinski definition) is 1. The maximum absolute atomic E-state index is 14.0. The number of carbonyl (C=O) groups excluding carboxylic acids is 2. The second-order valence-electron chi connectivity index (χ2n) is 10.9. The second kappa shape index (κ2) is 12.6. The number of rotatable bonds is 10. The van der Waals surface area contributed by atoms with Crippen LogP contribution >= 0.6 is 0 Å².